The summed E-state index contributed by atoms with van der Waals surface area (Å²) in [5.41, 5.74) is 6.24. The maximum atomic E-state index is 12.6. The number of hydrogen-bond donors (Lipinski definition) is 0. The van der Waals surface area contributed by atoms with Gasteiger partial charge in [-0.3, -0.25) is 4.28 Å². The van der Waals surface area contributed by atoms with Crippen LogP contribution < -0.4 is 0 Å². The Labute approximate surface area is 184 Å². The van der Waals surface area contributed by atoms with Crippen LogP contribution in [-0.4, -0.2) is 14.1 Å². The molecule has 158 valence electrons. The molecular weight excluding hydrogens is 406 g/mol. The molecule has 0 radical (unpaired) electrons. The standard InChI is InChI=1S/C26H25NO3S/c1-19-8-12-22(13-9-19)24-16-23(21-6-4-3-5-7-21)17-25(18-24)27-30-31(28,29)26-14-10-20(2)11-15-26/h3-15,17,24H,16,18H2,1-2H3/b27-25-. The number of benzene rings is 3. The molecule has 3 aromatic carbocycles. The van der Waals surface area contributed by atoms with Crippen molar-refractivity contribution in [1.29, 1.82) is 0 Å². The van der Waals surface area contributed by atoms with Crippen LogP contribution in [0.25, 0.3) is 5.57 Å². The summed E-state index contributed by atoms with van der Waals surface area (Å²) in [4.78, 5) is 0.0978. The lowest BCUT2D eigenvalue weighted by molar-refractivity contribution is 0.337. The van der Waals surface area contributed by atoms with Crippen LogP contribution in [-0.2, 0) is 14.4 Å². The number of oxime groups is 1. The highest BCUT2D eigenvalue weighted by molar-refractivity contribution is 7.86. The van der Waals surface area contributed by atoms with Crippen molar-refractivity contribution < 1.29 is 12.7 Å². The van der Waals surface area contributed by atoms with E-state index in [0.717, 1.165) is 23.1 Å². The zero-order valence-corrected chi connectivity index (χ0v) is 18.5. The molecule has 0 aromatic heterocycles. The molecule has 0 fully saturated rings. The van der Waals surface area contributed by atoms with Crippen molar-refractivity contribution in [2.24, 2.45) is 5.16 Å². The molecule has 0 saturated carbocycles. The van der Waals surface area contributed by atoms with Gasteiger partial charge in [-0.05, 0) is 61.1 Å². The van der Waals surface area contributed by atoms with Crippen molar-refractivity contribution in [3.63, 3.8) is 0 Å². The molecule has 31 heavy (non-hydrogen) atoms. The Balaban J connectivity index is 1.65. The molecule has 0 saturated heterocycles. The minimum Gasteiger partial charge on any atom is -0.265 e. The van der Waals surface area contributed by atoms with Crippen LogP contribution in [0.5, 0.6) is 0 Å². The molecule has 0 N–H and O–H groups in total. The lowest BCUT2D eigenvalue weighted by Crippen LogP contribution is -2.14. The zero-order valence-electron chi connectivity index (χ0n) is 17.7. The molecule has 1 aliphatic carbocycles. The zero-order chi connectivity index (χ0) is 21.8. The molecule has 0 aliphatic heterocycles. The topological polar surface area (TPSA) is 55.7 Å². The van der Waals surface area contributed by atoms with Crippen LogP contribution in [0, 0.1) is 13.8 Å². The van der Waals surface area contributed by atoms with E-state index in [0.29, 0.717) is 12.1 Å². The molecule has 1 aliphatic rings. The molecule has 3 aromatic rings. The van der Waals surface area contributed by atoms with Gasteiger partial charge in [0.25, 0.3) is 0 Å². The second-order valence-electron chi connectivity index (χ2n) is 7.98. The van der Waals surface area contributed by atoms with E-state index >= 15 is 0 Å². The summed E-state index contributed by atoms with van der Waals surface area (Å²) < 4.78 is 30.3. The first-order valence-electron chi connectivity index (χ1n) is 10.3. The van der Waals surface area contributed by atoms with E-state index in [4.69, 9.17) is 4.28 Å². The molecule has 0 amide bonds. The van der Waals surface area contributed by atoms with Crippen molar-refractivity contribution in [2.75, 3.05) is 0 Å². The minimum atomic E-state index is -3.96. The van der Waals surface area contributed by atoms with E-state index in [1.54, 1.807) is 12.1 Å². The predicted octanol–water partition coefficient (Wildman–Crippen LogP) is 6.03. The lowest BCUT2D eigenvalue weighted by Gasteiger charge is -2.24. The molecule has 0 spiro atoms. The summed E-state index contributed by atoms with van der Waals surface area (Å²) in [6.45, 7) is 3.97. The third kappa shape index (κ3) is 5.12. The SMILES string of the molecule is Cc1ccc(C2CC(c3ccccc3)=C/C(=N/OS(=O)(=O)c3ccc(C)cc3)C2)cc1. The first-order chi connectivity index (χ1) is 14.9. The van der Waals surface area contributed by atoms with Gasteiger partial charge in [0.05, 0.1) is 5.71 Å². The van der Waals surface area contributed by atoms with Crippen LogP contribution in [0.3, 0.4) is 0 Å². The molecule has 1 atom stereocenters. The Morgan fingerprint density at radius 3 is 2.06 bits per heavy atom. The van der Waals surface area contributed by atoms with E-state index in [1.165, 1.54) is 23.3 Å². The molecule has 4 nitrogen and oxygen atoms in total. The van der Waals surface area contributed by atoms with Gasteiger partial charge in [-0.25, -0.2) is 0 Å². The Morgan fingerprint density at radius 1 is 0.806 bits per heavy atom. The van der Waals surface area contributed by atoms with Gasteiger partial charge in [0, 0.05) is 6.42 Å². The maximum Gasteiger partial charge on any atom is 0.358 e. The van der Waals surface area contributed by atoms with Crippen LogP contribution in [0.1, 0.15) is 41.0 Å². The lowest BCUT2D eigenvalue weighted by atomic mass is 9.80. The first kappa shape index (κ1) is 21.1. The number of nitrogens with zero attached hydrogens (tertiary/aromatic N) is 1. The van der Waals surface area contributed by atoms with Crippen molar-refractivity contribution in [1.82, 2.24) is 0 Å². The number of hydrogen-bond acceptors (Lipinski definition) is 4. The van der Waals surface area contributed by atoms with E-state index in [2.05, 4.69) is 48.5 Å². The van der Waals surface area contributed by atoms with Crippen molar-refractivity contribution >= 4 is 21.4 Å². The van der Waals surface area contributed by atoms with Crippen molar-refractivity contribution in [2.45, 2.75) is 37.5 Å². The highest BCUT2D eigenvalue weighted by atomic mass is 32.2. The smallest absolute Gasteiger partial charge is 0.265 e. The van der Waals surface area contributed by atoms with E-state index in [9.17, 15) is 8.42 Å². The molecule has 5 heteroatoms. The third-order valence-electron chi connectivity index (χ3n) is 5.52. The normalized spacial score (nSPS) is 17.9. The van der Waals surface area contributed by atoms with Crippen molar-refractivity contribution in [3.8, 4) is 0 Å². The second kappa shape index (κ2) is 8.90. The van der Waals surface area contributed by atoms with Gasteiger partial charge in [-0.2, -0.15) is 8.42 Å². The van der Waals surface area contributed by atoms with Gasteiger partial charge >= 0.3 is 10.1 Å². The Kier molecular flexibility index (Phi) is 6.05. The molecule has 4 rings (SSSR count). The van der Waals surface area contributed by atoms with Gasteiger partial charge in [0.1, 0.15) is 4.90 Å². The Morgan fingerprint density at radius 2 is 1.42 bits per heavy atom. The summed E-state index contributed by atoms with van der Waals surface area (Å²) in [6.07, 6.45) is 3.42. The van der Waals surface area contributed by atoms with E-state index < -0.39 is 10.1 Å². The van der Waals surface area contributed by atoms with Gasteiger partial charge < -0.3 is 0 Å². The van der Waals surface area contributed by atoms with Gasteiger partial charge in [0.15, 0.2) is 0 Å². The number of rotatable bonds is 5. The quantitative estimate of drug-likeness (QED) is 0.464. The average molecular weight is 432 g/mol. The van der Waals surface area contributed by atoms with E-state index in [1.807, 2.05) is 31.2 Å². The second-order valence-corrected chi connectivity index (χ2v) is 9.50. The number of allylic oxidation sites excluding steroid dienone is 2. The monoisotopic (exact) mass is 431 g/mol. The molecule has 0 heterocycles. The largest absolute Gasteiger partial charge is 0.358 e. The van der Waals surface area contributed by atoms with Crippen LogP contribution in [0.15, 0.2) is 95.0 Å². The average Bonchev–Trinajstić information content (AvgIpc) is 2.79. The molecule has 1 unspecified atom stereocenters. The molecular formula is C26H25NO3S. The minimum absolute atomic E-state index is 0.0978. The summed E-state index contributed by atoms with van der Waals surface area (Å²) in [6, 6.07) is 25.1. The fourth-order valence-corrected chi connectivity index (χ4v) is 4.49. The van der Waals surface area contributed by atoms with Crippen LogP contribution in [0.2, 0.25) is 0 Å². The predicted molar refractivity (Wildman–Crippen MR) is 124 cm³/mol. The highest BCUT2D eigenvalue weighted by Gasteiger charge is 2.23. The third-order valence-corrected chi connectivity index (χ3v) is 6.64. The summed E-state index contributed by atoms with van der Waals surface area (Å²) >= 11 is 0. The maximum absolute atomic E-state index is 12.6. The van der Waals surface area contributed by atoms with Gasteiger partial charge in [-0.15, -0.1) is 0 Å². The van der Waals surface area contributed by atoms with Gasteiger partial charge in [0.2, 0.25) is 0 Å². The highest BCUT2D eigenvalue weighted by Crippen LogP contribution is 2.36. The Hall–Kier alpha value is -3.18. The van der Waals surface area contributed by atoms with Gasteiger partial charge in [-0.1, -0.05) is 83.0 Å². The van der Waals surface area contributed by atoms with Crippen molar-refractivity contribution in [3.05, 3.63) is 107 Å². The van der Waals surface area contributed by atoms with Crippen LogP contribution in [0.4, 0.5) is 0 Å². The Bertz CT molecular complexity index is 1210. The fourth-order valence-electron chi connectivity index (χ4n) is 3.75. The fraction of sp³-hybridized carbons (Fsp3) is 0.192. The summed E-state index contributed by atoms with van der Waals surface area (Å²) in [5.74, 6) is 0.199. The summed E-state index contributed by atoms with van der Waals surface area (Å²) in [5, 5.41) is 4.08. The molecule has 0 bridgehead atoms. The van der Waals surface area contributed by atoms with E-state index in [-0.39, 0.29) is 10.8 Å². The summed E-state index contributed by atoms with van der Waals surface area (Å²) in [7, 11) is -3.96. The van der Waals surface area contributed by atoms with Crippen LogP contribution >= 0.6 is 0 Å². The number of aryl methyl sites for hydroxylation is 2. The first-order valence-corrected chi connectivity index (χ1v) is 11.7.